The lowest BCUT2D eigenvalue weighted by atomic mass is 10.0. The Bertz CT molecular complexity index is 679. The zero-order valence-electron chi connectivity index (χ0n) is 12.0. The first-order chi connectivity index (χ1) is 10.7. The Kier molecular flexibility index (Phi) is 4.56. The monoisotopic (exact) mass is 315 g/mol. The van der Waals surface area contributed by atoms with Crippen LogP contribution < -0.4 is 10.1 Å². The van der Waals surface area contributed by atoms with E-state index in [1.807, 2.05) is 41.1 Å². The minimum absolute atomic E-state index is 0.0709. The number of carboxylic acid groups (broad SMARTS) is 1. The fourth-order valence-corrected chi connectivity index (χ4v) is 3.19. The minimum Gasteiger partial charge on any atom is -0.489 e. The lowest BCUT2D eigenvalue weighted by Gasteiger charge is -2.21. The molecule has 1 atom stereocenters. The fraction of sp³-hybridized carbons (Fsp3) is 0.235. The number of carboxylic acids is 1. The maximum atomic E-state index is 11.0. The first-order valence-corrected chi connectivity index (χ1v) is 8.05. The molecule has 0 saturated carbocycles. The molecule has 0 bridgehead atoms. The lowest BCUT2D eigenvalue weighted by Crippen LogP contribution is -2.27. The molecule has 1 unspecified atom stereocenters. The van der Waals surface area contributed by atoms with Crippen LogP contribution in [-0.2, 0) is 4.79 Å². The van der Waals surface area contributed by atoms with Gasteiger partial charge in [0.15, 0.2) is 0 Å². The number of rotatable bonds is 6. The van der Waals surface area contributed by atoms with E-state index in [-0.39, 0.29) is 12.5 Å². The highest BCUT2D eigenvalue weighted by Crippen LogP contribution is 2.26. The fourth-order valence-electron chi connectivity index (χ4n) is 2.48. The van der Waals surface area contributed by atoms with Gasteiger partial charge in [-0.05, 0) is 40.1 Å². The summed E-state index contributed by atoms with van der Waals surface area (Å²) in [5.41, 5.74) is 3.20. The summed E-state index contributed by atoms with van der Waals surface area (Å²) in [6, 6.07) is 9.69. The maximum Gasteiger partial charge on any atom is 0.305 e. The van der Waals surface area contributed by atoms with E-state index in [0.29, 0.717) is 13.2 Å². The number of hydrogen-bond acceptors (Lipinski definition) is 4. The highest BCUT2D eigenvalue weighted by Gasteiger charge is 2.17. The maximum absolute atomic E-state index is 11.0. The van der Waals surface area contributed by atoms with Crippen molar-refractivity contribution in [1.29, 1.82) is 0 Å². The molecule has 2 N–H and O–H groups in total. The molecule has 0 aliphatic carbocycles. The van der Waals surface area contributed by atoms with Crippen molar-refractivity contribution in [3.8, 4) is 5.75 Å². The van der Waals surface area contributed by atoms with Crippen molar-refractivity contribution >= 4 is 23.4 Å². The van der Waals surface area contributed by atoms with E-state index < -0.39 is 5.97 Å². The van der Waals surface area contributed by atoms with Crippen LogP contribution in [0.5, 0.6) is 5.75 Å². The number of ether oxygens (including phenoxy) is 1. The van der Waals surface area contributed by atoms with Gasteiger partial charge in [0.05, 0.1) is 6.42 Å². The summed E-state index contributed by atoms with van der Waals surface area (Å²) in [5, 5.41) is 16.4. The van der Waals surface area contributed by atoms with Gasteiger partial charge in [0.25, 0.3) is 0 Å². The molecule has 3 rings (SSSR count). The van der Waals surface area contributed by atoms with Gasteiger partial charge >= 0.3 is 5.97 Å². The van der Waals surface area contributed by atoms with Gasteiger partial charge in [0.1, 0.15) is 12.4 Å². The van der Waals surface area contributed by atoms with Crippen LogP contribution in [0.4, 0.5) is 0 Å². The van der Waals surface area contributed by atoms with Gasteiger partial charge in [-0.3, -0.25) is 4.79 Å². The van der Waals surface area contributed by atoms with Crippen molar-refractivity contribution in [1.82, 2.24) is 5.32 Å². The molecule has 1 aliphatic rings. The first kappa shape index (κ1) is 14.8. The van der Waals surface area contributed by atoms with Crippen LogP contribution in [0.15, 0.2) is 46.7 Å². The van der Waals surface area contributed by atoms with Gasteiger partial charge in [-0.15, -0.1) is 0 Å². The summed E-state index contributed by atoms with van der Waals surface area (Å²) in [7, 11) is 0. The van der Waals surface area contributed by atoms with Crippen molar-refractivity contribution in [3.05, 3.63) is 57.8 Å². The van der Waals surface area contributed by atoms with Gasteiger partial charge in [0.2, 0.25) is 0 Å². The Hall–Kier alpha value is -2.11. The van der Waals surface area contributed by atoms with Crippen LogP contribution in [0.25, 0.3) is 6.08 Å². The van der Waals surface area contributed by atoms with Crippen molar-refractivity contribution in [2.24, 2.45) is 0 Å². The highest BCUT2D eigenvalue weighted by molar-refractivity contribution is 7.07. The molecule has 0 radical (unpaired) electrons. The third kappa shape index (κ3) is 3.55. The summed E-state index contributed by atoms with van der Waals surface area (Å²) in [4.78, 5) is 11.0. The molecule has 5 heteroatoms. The van der Waals surface area contributed by atoms with Crippen LogP contribution in [0.2, 0.25) is 0 Å². The second kappa shape index (κ2) is 6.77. The number of para-hydroxylation sites is 1. The molecular weight excluding hydrogens is 298 g/mol. The number of aliphatic carboxylic acids is 1. The minimum atomic E-state index is -0.803. The predicted octanol–water partition coefficient (Wildman–Crippen LogP) is 3.33. The van der Waals surface area contributed by atoms with Gasteiger partial charge in [-0.25, -0.2) is 0 Å². The summed E-state index contributed by atoms with van der Waals surface area (Å²) >= 11 is 1.57. The normalized spacial score (nSPS) is 14.6. The predicted molar refractivity (Wildman–Crippen MR) is 87.2 cm³/mol. The molecular formula is C17H17NO3S. The number of thiophene rings is 1. The number of hydrogen-bond donors (Lipinski definition) is 2. The largest absolute Gasteiger partial charge is 0.489 e. The Labute approximate surface area is 133 Å². The van der Waals surface area contributed by atoms with E-state index in [9.17, 15) is 4.79 Å². The molecule has 22 heavy (non-hydrogen) atoms. The van der Waals surface area contributed by atoms with E-state index in [2.05, 4.69) is 11.4 Å². The third-order valence-electron chi connectivity index (χ3n) is 3.59. The standard InChI is InChI=1S/C17H17NO3S/c19-17(20)8-15(14-5-6-22-11-14)18-9-12-7-13-3-1-2-4-16(13)21-10-12/h1-7,11,15,18H,8-10H2,(H,19,20). The van der Waals surface area contributed by atoms with Gasteiger partial charge in [-0.2, -0.15) is 11.3 Å². The smallest absolute Gasteiger partial charge is 0.305 e. The van der Waals surface area contributed by atoms with Crippen molar-refractivity contribution in [2.45, 2.75) is 12.5 Å². The molecule has 4 nitrogen and oxygen atoms in total. The van der Waals surface area contributed by atoms with E-state index in [4.69, 9.17) is 9.84 Å². The van der Waals surface area contributed by atoms with Gasteiger partial charge < -0.3 is 15.2 Å². The van der Waals surface area contributed by atoms with Crippen molar-refractivity contribution in [2.75, 3.05) is 13.2 Å². The van der Waals surface area contributed by atoms with E-state index in [1.165, 1.54) is 0 Å². The Morgan fingerprint density at radius 3 is 3.00 bits per heavy atom. The number of fused-ring (bicyclic) bond motifs is 1. The summed E-state index contributed by atoms with van der Waals surface area (Å²) in [6.07, 6.45) is 2.18. The topological polar surface area (TPSA) is 58.6 Å². The SMILES string of the molecule is O=C(O)CC(NCC1=Cc2ccccc2OC1)c1ccsc1. The van der Waals surface area contributed by atoms with Crippen LogP contribution in [0, 0.1) is 0 Å². The average Bonchev–Trinajstić information content (AvgIpc) is 3.05. The molecule has 0 amide bonds. The second-order valence-corrected chi connectivity index (χ2v) is 6.00. The van der Waals surface area contributed by atoms with Gasteiger partial charge in [-0.1, -0.05) is 18.2 Å². The molecule has 2 aromatic rings. The summed E-state index contributed by atoms with van der Waals surface area (Å²) < 4.78 is 5.72. The van der Waals surface area contributed by atoms with E-state index in [1.54, 1.807) is 11.3 Å². The zero-order valence-corrected chi connectivity index (χ0v) is 12.8. The number of benzene rings is 1. The molecule has 1 aliphatic heterocycles. The van der Waals surface area contributed by atoms with E-state index in [0.717, 1.165) is 22.4 Å². The Morgan fingerprint density at radius 2 is 2.23 bits per heavy atom. The first-order valence-electron chi connectivity index (χ1n) is 7.11. The molecule has 2 heterocycles. The average molecular weight is 315 g/mol. The summed E-state index contributed by atoms with van der Waals surface area (Å²) in [6.45, 7) is 1.15. The number of carbonyl (C=O) groups is 1. The quantitative estimate of drug-likeness (QED) is 0.858. The molecule has 0 saturated heterocycles. The van der Waals surface area contributed by atoms with E-state index >= 15 is 0 Å². The highest BCUT2D eigenvalue weighted by atomic mass is 32.1. The third-order valence-corrected chi connectivity index (χ3v) is 4.29. The van der Waals surface area contributed by atoms with Crippen molar-refractivity contribution < 1.29 is 14.6 Å². The van der Waals surface area contributed by atoms with Crippen LogP contribution >= 0.6 is 11.3 Å². The zero-order chi connectivity index (χ0) is 15.4. The van der Waals surface area contributed by atoms with Crippen LogP contribution in [0.1, 0.15) is 23.6 Å². The Balaban J connectivity index is 1.68. The van der Waals surface area contributed by atoms with Crippen LogP contribution in [-0.4, -0.2) is 24.2 Å². The van der Waals surface area contributed by atoms with Crippen LogP contribution in [0.3, 0.4) is 0 Å². The molecule has 1 aromatic carbocycles. The lowest BCUT2D eigenvalue weighted by molar-refractivity contribution is -0.137. The van der Waals surface area contributed by atoms with Gasteiger partial charge in [0, 0.05) is 18.2 Å². The van der Waals surface area contributed by atoms with Crippen molar-refractivity contribution in [3.63, 3.8) is 0 Å². The molecule has 0 fully saturated rings. The molecule has 1 aromatic heterocycles. The second-order valence-electron chi connectivity index (χ2n) is 5.22. The molecule has 114 valence electrons. The summed E-state index contributed by atoms with van der Waals surface area (Å²) in [5.74, 6) is 0.0917. The molecule has 0 spiro atoms. The Morgan fingerprint density at radius 1 is 1.36 bits per heavy atom. The number of nitrogens with one attached hydrogen (secondary N) is 1.